The molecule has 13 atom stereocenters. The van der Waals surface area contributed by atoms with Crippen LogP contribution in [0.2, 0.25) is 0 Å². The molecule has 13 unspecified atom stereocenters. The molecular weight excluding hydrogens is 1780 g/mol. The van der Waals surface area contributed by atoms with Crippen LogP contribution < -0.4 is 4.74 Å². The SMILES string of the molecule is CCC(C)(C)C(=O)OC(CC(C)C)C(C)C.CCC(C)(C)C(=O)OC12CC3CC(C1)CC(C(=O)OC(CC(C)(C)C)OCC(C)C)(C3)C2.CCC(C)(C)C(=O)OC12CC3CC(O)(CC(O)(C3)C1)C2.CCC(C)(C)C(=O)OC1C2CC3C(=O)OC1C3C2.CCC(C)c1ccc(COc2ccc(S(=O)(=O)[O-])cc2)cc1.CCC(C)c1ccc(O)cc1.c1ccc([S+](c2ccccc2)c2ccccc2)cc1. The summed E-state index contributed by atoms with van der Waals surface area (Å²) < 4.78 is 79.1. The lowest BCUT2D eigenvalue weighted by Gasteiger charge is -2.62. The monoisotopic (exact) mass is 1950 g/mol. The highest BCUT2D eigenvalue weighted by molar-refractivity contribution is 7.97. The molecule has 0 spiro atoms. The fourth-order valence-corrected chi connectivity index (χ4v) is 23.6. The van der Waals surface area contributed by atoms with E-state index in [2.05, 4.69) is 193 Å². The lowest BCUT2D eigenvalue weighted by atomic mass is 9.48. The number of phenolic OH excluding ortho intramolecular Hbond substituents is 1. The topological polar surface area (TPSA) is 294 Å². The molecule has 0 aromatic heterocycles. The van der Waals surface area contributed by atoms with Crippen LogP contribution in [0.5, 0.6) is 11.5 Å². The van der Waals surface area contributed by atoms with E-state index in [1.165, 1.54) is 50.1 Å². The third-order valence-electron chi connectivity index (χ3n) is 30.4. The van der Waals surface area contributed by atoms with E-state index in [9.17, 15) is 52.0 Å². The number of hydrogen-bond acceptors (Lipinski definition) is 20. The number of aliphatic hydroxyl groups is 2. The average Bonchev–Trinajstić information content (AvgIpc) is 1.43. The van der Waals surface area contributed by atoms with Gasteiger partial charge in [-0.3, -0.25) is 28.8 Å². The fourth-order valence-electron chi connectivity index (χ4n) is 21.1. The van der Waals surface area contributed by atoms with Crippen molar-refractivity contribution in [1.82, 2.24) is 0 Å². The Balaban J connectivity index is 0.000000184. The first-order chi connectivity index (χ1) is 64.5. The zero-order chi connectivity index (χ0) is 102. The minimum atomic E-state index is -4.41. The molecule has 0 radical (unpaired) electrons. The summed E-state index contributed by atoms with van der Waals surface area (Å²) in [5.74, 6) is 4.39. The summed E-state index contributed by atoms with van der Waals surface area (Å²) in [6, 6.07) is 53.3. The van der Waals surface area contributed by atoms with E-state index in [4.69, 9.17) is 43.0 Å². The summed E-state index contributed by atoms with van der Waals surface area (Å²) in [7, 11) is -4.42. The lowest BCUT2D eigenvalue weighted by molar-refractivity contribution is -0.264. The highest BCUT2D eigenvalue weighted by Gasteiger charge is 2.67. The van der Waals surface area contributed by atoms with Crippen molar-refractivity contribution in [3.8, 4) is 11.5 Å². The lowest BCUT2D eigenvalue weighted by Crippen LogP contribution is -2.67. The zero-order valence-electron chi connectivity index (χ0n) is 87.8. The van der Waals surface area contributed by atoms with Crippen LogP contribution >= 0.6 is 0 Å². The standard InChI is InChI=1S/C27H46O5.C18H15S.C17H20O4S.C16H26O4.C14H20O4.C14H28O2.C10H14O/c1-9-25(7,8)22(28)32-27-13-19-10-20(14-27)12-26(11-19,17-27)23(29)31-21(15-24(4,5)6)30-16-18(2)3;1-4-10-16(11-5-1)19(17-12-6-2-7-13-17)18-14-8-3-9-15-18;1-3-13(2)15-6-4-14(5-7-15)12-21-16-8-10-17(11-9-16)22(18,19)20;1-4-13(2,3)12(17)20-16-7-11-5-14(18,9-16)8-15(19,6-11)10-16;1-4-14(2,3)13(16)18-10-7-5-8-9(6-7)12(15)17-11(8)10;1-8-14(6,7)13(15)16-12(11(4)5)9-10(2)3;1-3-8(2)9-4-6-10(11)7-5-9/h18-21H,9-17H2,1-8H3;1-15H;4-11,13H,3,12H2,1-2H3,(H,18,19,20);11,18-19H,4-10H2,1-3H3;7-11H,4-6H2,1-3H3;10-12H,8-9H2,1-7H3;4-8,11H,3H2,1-2H3/q;+1;;;;;/p-1. The van der Waals surface area contributed by atoms with Crippen LogP contribution in [0.1, 0.15) is 343 Å². The smallest absolute Gasteiger partial charge is 0.314 e. The summed E-state index contributed by atoms with van der Waals surface area (Å²) in [4.78, 5) is 78.6. The van der Waals surface area contributed by atoms with Gasteiger partial charge in [0.2, 0.25) is 6.29 Å². The minimum absolute atomic E-state index is 0.00805. The number of carbonyl (C=O) groups excluding carboxylic acids is 6. The number of carbonyl (C=O) groups is 6. The molecule has 6 aromatic rings. The summed E-state index contributed by atoms with van der Waals surface area (Å²) >= 11 is 0. The first-order valence-corrected chi connectivity index (χ1v) is 54.0. The maximum absolute atomic E-state index is 13.7. The Morgan fingerprint density at radius 2 is 0.957 bits per heavy atom. The fraction of sp³-hybridized carbons (Fsp3) is 0.638. The Hall–Kier alpha value is -8.12. The summed E-state index contributed by atoms with van der Waals surface area (Å²) in [5, 5.41) is 30.3. The average molecular weight is 1950 g/mol. The molecule has 22 heteroatoms. The predicted molar refractivity (Wildman–Crippen MR) is 543 cm³/mol. The second kappa shape index (κ2) is 47.8. The molecule has 1 saturated heterocycles. The van der Waals surface area contributed by atoms with Crippen LogP contribution in [-0.2, 0) is 89.5 Å². The third kappa shape index (κ3) is 31.0. The van der Waals surface area contributed by atoms with Crippen LogP contribution in [0.3, 0.4) is 0 Å². The van der Waals surface area contributed by atoms with Gasteiger partial charge in [0.05, 0.1) is 66.6 Å². The van der Waals surface area contributed by atoms with Crippen LogP contribution in [0.4, 0.5) is 0 Å². The van der Waals surface area contributed by atoms with E-state index in [1.54, 1.807) is 12.1 Å². The summed E-state index contributed by atoms with van der Waals surface area (Å²) in [6.07, 6.45) is 16.8. The molecule has 11 aliphatic rings. The van der Waals surface area contributed by atoms with Crippen LogP contribution in [0.15, 0.2) is 183 Å². The second-order valence-corrected chi connectivity index (χ2v) is 50.0. The van der Waals surface area contributed by atoms with E-state index in [-0.39, 0.29) is 92.6 Å². The van der Waals surface area contributed by atoms with Crippen molar-refractivity contribution in [2.45, 2.75) is 399 Å². The molecule has 11 fully saturated rings. The Morgan fingerprint density at radius 1 is 0.507 bits per heavy atom. The number of hydrogen-bond donors (Lipinski definition) is 3. The summed E-state index contributed by atoms with van der Waals surface area (Å²) in [5.41, 5.74) is -1.58. The number of aromatic hydroxyl groups is 1. The minimum Gasteiger partial charge on any atom is -0.744 e. The molecule has 1 heterocycles. The van der Waals surface area contributed by atoms with Crippen molar-refractivity contribution in [3.05, 3.63) is 180 Å². The molecule has 10 saturated carbocycles. The second-order valence-electron chi connectivity index (χ2n) is 46.6. The molecule has 764 valence electrons. The number of rotatable bonds is 32. The van der Waals surface area contributed by atoms with E-state index >= 15 is 0 Å². The molecule has 6 aromatic carbocycles. The molecule has 10 aliphatic carbocycles. The van der Waals surface area contributed by atoms with Crippen molar-refractivity contribution in [2.24, 2.45) is 85.8 Å². The number of phenols is 1. The molecule has 138 heavy (non-hydrogen) atoms. The Morgan fingerprint density at radius 3 is 1.38 bits per heavy atom. The first-order valence-electron chi connectivity index (χ1n) is 51.3. The van der Waals surface area contributed by atoms with Gasteiger partial charge in [-0.05, 0) is 307 Å². The third-order valence-corrected chi connectivity index (χ3v) is 33.5. The Kier molecular flexibility index (Phi) is 39.3. The number of fused-ring (bicyclic) bond motifs is 1. The molecule has 1 aliphatic heterocycles. The van der Waals surface area contributed by atoms with E-state index in [0.717, 1.165) is 115 Å². The van der Waals surface area contributed by atoms with Crippen molar-refractivity contribution in [2.75, 3.05) is 6.61 Å². The Bertz CT molecular complexity index is 4880. The van der Waals surface area contributed by atoms with Gasteiger partial charge in [0.15, 0.2) is 14.7 Å². The molecule has 3 N–H and O–H groups in total. The van der Waals surface area contributed by atoms with Gasteiger partial charge < -0.3 is 57.8 Å². The number of benzene rings is 6. The van der Waals surface area contributed by atoms with E-state index < -0.39 is 60.5 Å². The van der Waals surface area contributed by atoms with Gasteiger partial charge in [0.1, 0.15) is 57.7 Å². The van der Waals surface area contributed by atoms with Crippen LogP contribution in [0, 0.1) is 85.8 Å². The highest BCUT2D eigenvalue weighted by Crippen LogP contribution is 2.65. The van der Waals surface area contributed by atoms with Gasteiger partial charge in [-0.25, -0.2) is 8.42 Å². The molecule has 17 rings (SSSR count). The molecular formula is C116H168O20S2. The van der Waals surface area contributed by atoms with E-state index in [1.807, 2.05) is 107 Å². The van der Waals surface area contributed by atoms with Crippen molar-refractivity contribution in [3.63, 3.8) is 0 Å². The van der Waals surface area contributed by atoms with Gasteiger partial charge >= 0.3 is 35.8 Å². The van der Waals surface area contributed by atoms with Gasteiger partial charge in [0.25, 0.3) is 0 Å². The van der Waals surface area contributed by atoms with Crippen LogP contribution in [0.25, 0.3) is 0 Å². The maximum atomic E-state index is 13.7. The van der Waals surface area contributed by atoms with Crippen LogP contribution in [-0.4, -0.2) is 118 Å². The van der Waals surface area contributed by atoms with Crippen molar-refractivity contribution < 1.29 is 95.0 Å². The van der Waals surface area contributed by atoms with Gasteiger partial charge in [-0.1, -0.05) is 209 Å². The number of ether oxygens (including phenoxy) is 8. The van der Waals surface area contributed by atoms with Crippen molar-refractivity contribution >= 4 is 56.8 Å². The molecule has 0 amide bonds. The summed E-state index contributed by atoms with van der Waals surface area (Å²) in [6.45, 7) is 52.2. The molecule has 10 bridgehead atoms. The first kappa shape index (κ1) is 113. The highest BCUT2D eigenvalue weighted by atomic mass is 32.2. The molecule has 20 nitrogen and oxygen atoms in total. The largest absolute Gasteiger partial charge is 0.744 e. The zero-order valence-corrected chi connectivity index (χ0v) is 89.5. The quantitative estimate of drug-likeness (QED) is 0.0116. The normalized spacial score (nSPS) is 25.9. The van der Waals surface area contributed by atoms with E-state index in [0.29, 0.717) is 110 Å². The van der Waals surface area contributed by atoms with Gasteiger partial charge in [0, 0.05) is 43.9 Å². The van der Waals surface area contributed by atoms with Gasteiger partial charge in [-0.2, -0.15) is 0 Å². The maximum Gasteiger partial charge on any atom is 0.314 e. The van der Waals surface area contributed by atoms with Gasteiger partial charge in [-0.15, -0.1) is 0 Å². The van der Waals surface area contributed by atoms with Crippen molar-refractivity contribution in [1.29, 1.82) is 0 Å². The predicted octanol–water partition coefficient (Wildman–Crippen LogP) is 25.8. The Labute approximate surface area is 830 Å². The number of esters is 6.